The number of benzene rings is 2. The van der Waals surface area contributed by atoms with E-state index in [1.54, 1.807) is 38.4 Å². The van der Waals surface area contributed by atoms with Crippen LogP contribution in [0.15, 0.2) is 60.8 Å². The third-order valence-corrected chi connectivity index (χ3v) is 5.88. The molecule has 4 aromatic rings. The van der Waals surface area contributed by atoms with Crippen LogP contribution in [0.5, 0.6) is 5.75 Å². The Bertz CT molecular complexity index is 1260. The summed E-state index contributed by atoms with van der Waals surface area (Å²) < 4.78 is 31.8. The van der Waals surface area contributed by atoms with Crippen molar-refractivity contribution >= 4 is 61.4 Å². The number of para-hydroxylation sites is 1. The number of ether oxygens (including phenoxy) is 1. The molecule has 0 radical (unpaired) electrons. The molecular weight excluding hydrogens is 424 g/mol. The zero-order chi connectivity index (χ0) is 20.4. The smallest absolute Gasteiger partial charge is 0.232 e. The predicted octanol–water partition coefficient (Wildman–Crippen LogP) is 4.72. The van der Waals surface area contributed by atoms with Crippen LogP contribution in [0.2, 0.25) is 0 Å². The van der Waals surface area contributed by atoms with E-state index in [-0.39, 0.29) is 18.2 Å². The summed E-state index contributed by atoms with van der Waals surface area (Å²) in [6.45, 7) is 1.59. The van der Waals surface area contributed by atoms with Crippen molar-refractivity contribution in [2.24, 2.45) is 0 Å². The molecule has 9 heteroatoms. The molecule has 2 aromatic carbocycles. The molecule has 0 saturated carbocycles. The molecule has 0 atom stereocenters. The summed E-state index contributed by atoms with van der Waals surface area (Å²) in [6, 6.07) is 16.8. The Hall–Kier alpha value is -3.10. The highest BCUT2D eigenvalue weighted by molar-refractivity contribution is 7.92. The average molecular weight is 445 g/mol. The minimum atomic E-state index is -3.37. The van der Waals surface area contributed by atoms with Crippen molar-refractivity contribution in [3.8, 4) is 5.75 Å². The lowest BCUT2D eigenvalue weighted by molar-refractivity contribution is 0.417. The Morgan fingerprint density at radius 1 is 1.03 bits per heavy atom. The maximum atomic E-state index is 11.9. The van der Waals surface area contributed by atoms with Crippen LogP contribution in [0.1, 0.15) is 6.92 Å². The lowest BCUT2D eigenvalue weighted by Crippen LogP contribution is -2.14. The van der Waals surface area contributed by atoms with Gasteiger partial charge < -0.3 is 10.1 Å². The first kappa shape index (κ1) is 21.6. The number of fused-ring (bicyclic) bond motifs is 2. The molecule has 0 fully saturated rings. The number of nitrogens with one attached hydrogen (secondary N) is 2. The lowest BCUT2D eigenvalue weighted by Gasteiger charge is -2.16. The van der Waals surface area contributed by atoms with Crippen LogP contribution in [0.3, 0.4) is 0 Å². The van der Waals surface area contributed by atoms with Crippen molar-refractivity contribution in [1.82, 2.24) is 9.97 Å². The fourth-order valence-electron chi connectivity index (χ4n) is 3.10. The number of sulfonamides is 1. The van der Waals surface area contributed by atoms with Gasteiger partial charge in [0.1, 0.15) is 5.75 Å². The second kappa shape index (κ2) is 8.73. The van der Waals surface area contributed by atoms with Gasteiger partial charge in [-0.15, -0.1) is 12.4 Å². The maximum absolute atomic E-state index is 11.9. The zero-order valence-electron chi connectivity index (χ0n) is 16.4. The second-order valence-corrected chi connectivity index (χ2v) is 8.44. The highest BCUT2D eigenvalue weighted by Gasteiger charge is 2.14. The average Bonchev–Trinajstić information content (AvgIpc) is 2.74. The van der Waals surface area contributed by atoms with Gasteiger partial charge in [-0.2, -0.15) is 0 Å². The third kappa shape index (κ3) is 4.24. The summed E-state index contributed by atoms with van der Waals surface area (Å²) in [5, 5.41) is 5.26. The van der Waals surface area contributed by atoms with E-state index < -0.39 is 10.0 Å². The topological polar surface area (TPSA) is 93.2 Å². The highest BCUT2D eigenvalue weighted by atomic mass is 35.5. The number of anilines is 3. The molecule has 30 heavy (non-hydrogen) atoms. The van der Waals surface area contributed by atoms with E-state index in [1.165, 1.54) is 0 Å². The van der Waals surface area contributed by atoms with Gasteiger partial charge in [-0.1, -0.05) is 18.2 Å². The van der Waals surface area contributed by atoms with Crippen LogP contribution in [0.4, 0.5) is 17.1 Å². The van der Waals surface area contributed by atoms with Crippen LogP contribution < -0.4 is 14.8 Å². The second-order valence-electron chi connectivity index (χ2n) is 6.42. The Balaban J connectivity index is 0.00000256. The summed E-state index contributed by atoms with van der Waals surface area (Å²) in [5.74, 6) is 0.511. The summed E-state index contributed by atoms with van der Waals surface area (Å²) >= 11 is 0. The molecule has 0 aliphatic heterocycles. The number of aromatic nitrogens is 2. The highest BCUT2D eigenvalue weighted by Crippen LogP contribution is 2.36. The predicted molar refractivity (Wildman–Crippen MR) is 124 cm³/mol. The molecule has 0 amide bonds. The molecule has 2 heterocycles. The van der Waals surface area contributed by atoms with E-state index in [0.717, 1.165) is 22.0 Å². The number of hydrogen-bond donors (Lipinski definition) is 2. The number of pyridine rings is 2. The molecular formula is C21H21ClN4O3S. The van der Waals surface area contributed by atoms with E-state index in [9.17, 15) is 8.42 Å². The van der Waals surface area contributed by atoms with Crippen molar-refractivity contribution in [2.75, 3.05) is 22.9 Å². The van der Waals surface area contributed by atoms with Crippen molar-refractivity contribution in [2.45, 2.75) is 6.92 Å². The summed E-state index contributed by atoms with van der Waals surface area (Å²) in [7, 11) is -1.82. The summed E-state index contributed by atoms with van der Waals surface area (Å²) in [5.41, 5.74) is 3.47. The van der Waals surface area contributed by atoms with Gasteiger partial charge in [0.2, 0.25) is 10.0 Å². The fourth-order valence-corrected chi connectivity index (χ4v) is 3.73. The molecule has 0 saturated heterocycles. The van der Waals surface area contributed by atoms with Crippen LogP contribution in [-0.4, -0.2) is 31.2 Å². The Kier molecular flexibility index (Phi) is 6.28. The van der Waals surface area contributed by atoms with Crippen LogP contribution in [0, 0.1) is 0 Å². The Morgan fingerprint density at radius 3 is 2.57 bits per heavy atom. The Morgan fingerprint density at radius 2 is 1.80 bits per heavy atom. The number of rotatable bonds is 6. The van der Waals surface area contributed by atoms with Crippen molar-refractivity contribution in [3.63, 3.8) is 0 Å². The number of methoxy groups -OCH3 is 1. The monoisotopic (exact) mass is 444 g/mol. The normalized spacial score (nSPS) is 11.1. The standard InChI is InChI=1S/C21H20N4O3S.ClH/c1-3-29(26,27)25-14-10-11-18(19(13-14)28-2)23-20-15-7-4-5-9-17(15)24-21-16(20)8-6-12-22-21;/h4-13,25H,3H2,1-2H3,(H,22,23,24);1H. The minimum Gasteiger partial charge on any atom is -0.494 e. The molecule has 7 nitrogen and oxygen atoms in total. The van der Waals surface area contributed by atoms with Gasteiger partial charge in [-0.05, 0) is 37.3 Å². The van der Waals surface area contributed by atoms with Crippen molar-refractivity contribution in [3.05, 3.63) is 60.8 Å². The minimum absolute atomic E-state index is 0. The molecule has 0 aliphatic carbocycles. The van der Waals surface area contributed by atoms with E-state index in [0.29, 0.717) is 22.8 Å². The number of nitrogens with zero attached hydrogens (tertiary/aromatic N) is 2. The molecule has 0 bridgehead atoms. The molecule has 4 rings (SSSR count). The molecule has 0 unspecified atom stereocenters. The zero-order valence-corrected chi connectivity index (χ0v) is 18.0. The molecule has 156 valence electrons. The molecule has 0 spiro atoms. The summed E-state index contributed by atoms with van der Waals surface area (Å²) in [4.78, 5) is 9.01. The fraction of sp³-hybridized carbons (Fsp3) is 0.143. The summed E-state index contributed by atoms with van der Waals surface area (Å²) in [6.07, 6.45) is 1.71. The third-order valence-electron chi connectivity index (χ3n) is 4.57. The van der Waals surface area contributed by atoms with E-state index in [1.807, 2.05) is 36.4 Å². The number of hydrogen-bond acceptors (Lipinski definition) is 6. The first-order valence-electron chi connectivity index (χ1n) is 9.10. The van der Waals surface area contributed by atoms with Crippen LogP contribution >= 0.6 is 12.4 Å². The number of halogens is 1. The van der Waals surface area contributed by atoms with Gasteiger partial charge >= 0.3 is 0 Å². The lowest BCUT2D eigenvalue weighted by atomic mass is 10.1. The van der Waals surface area contributed by atoms with E-state index in [2.05, 4.69) is 20.0 Å². The Labute approximate surface area is 181 Å². The van der Waals surface area contributed by atoms with Crippen molar-refractivity contribution < 1.29 is 13.2 Å². The quantitative estimate of drug-likeness (QED) is 0.418. The molecule has 2 aromatic heterocycles. The van der Waals surface area contributed by atoms with Crippen LogP contribution in [0.25, 0.3) is 21.9 Å². The SMILES string of the molecule is CCS(=O)(=O)Nc1ccc(Nc2c3ccccc3nc3ncccc23)c(OC)c1.Cl. The van der Waals surface area contributed by atoms with Gasteiger partial charge in [-0.3, -0.25) is 4.72 Å². The van der Waals surface area contributed by atoms with Crippen LogP contribution in [-0.2, 0) is 10.0 Å². The largest absolute Gasteiger partial charge is 0.494 e. The van der Waals surface area contributed by atoms with E-state index >= 15 is 0 Å². The van der Waals surface area contributed by atoms with Gasteiger partial charge in [0.05, 0.1) is 35.4 Å². The first-order valence-corrected chi connectivity index (χ1v) is 10.7. The van der Waals surface area contributed by atoms with Crippen molar-refractivity contribution in [1.29, 1.82) is 0 Å². The first-order chi connectivity index (χ1) is 14.0. The van der Waals surface area contributed by atoms with E-state index in [4.69, 9.17) is 4.74 Å². The molecule has 2 N–H and O–H groups in total. The van der Waals surface area contributed by atoms with Gasteiger partial charge in [-0.25, -0.2) is 18.4 Å². The van der Waals surface area contributed by atoms with Gasteiger partial charge in [0, 0.05) is 23.0 Å². The van der Waals surface area contributed by atoms with Gasteiger partial charge in [0.15, 0.2) is 5.65 Å². The maximum Gasteiger partial charge on any atom is 0.232 e. The molecule has 0 aliphatic rings. The van der Waals surface area contributed by atoms with Gasteiger partial charge in [0.25, 0.3) is 0 Å².